The lowest BCUT2D eigenvalue weighted by molar-refractivity contribution is -0.0553. The van der Waals surface area contributed by atoms with Crippen molar-refractivity contribution < 1.29 is 4.74 Å². The van der Waals surface area contributed by atoms with Crippen molar-refractivity contribution in [3.63, 3.8) is 0 Å². The number of terminal acetylenes is 1. The van der Waals surface area contributed by atoms with Gasteiger partial charge in [0.25, 0.3) is 5.56 Å². The van der Waals surface area contributed by atoms with E-state index in [4.69, 9.17) is 22.8 Å². The molecule has 1 aliphatic rings. The summed E-state index contributed by atoms with van der Waals surface area (Å²) < 4.78 is 6.88. The van der Waals surface area contributed by atoms with Gasteiger partial charge in [0.2, 0.25) is 0 Å². The lowest BCUT2D eigenvalue weighted by atomic mass is 9.94. The normalized spacial score (nSPS) is 21.2. The van der Waals surface area contributed by atoms with E-state index in [1.54, 1.807) is 0 Å². The molecule has 0 aliphatic carbocycles. The third-order valence-corrected chi connectivity index (χ3v) is 3.57. The Morgan fingerprint density at radius 3 is 3.10 bits per heavy atom. The van der Waals surface area contributed by atoms with E-state index in [0.717, 1.165) is 12.8 Å². The first-order valence-corrected chi connectivity index (χ1v) is 6.90. The van der Waals surface area contributed by atoms with Crippen LogP contribution in [-0.4, -0.2) is 28.0 Å². The highest BCUT2D eigenvalue weighted by molar-refractivity contribution is 6.33. The molecule has 1 N–H and O–H groups in total. The minimum Gasteiger partial charge on any atom is -0.376 e. The van der Waals surface area contributed by atoms with E-state index in [1.165, 1.54) is 10.9 Å². The second-order valence-electron chi connectivity index (χ2n) is 5.48. The molecule has 1 aliphatic heterocycles. The molecule has 6 heteroatoms. The molecule has 0 bridgehead atoms. The van der Waals surface area contributed by atoms with Crippen molar-refractivity contribution in [3.8, 4) is 12.3 Å². The van der Waals surface area contributed by atoms with Crippen LogP contribution in [-0.2, 0) is 11.3 Å². The smallest absolute Gasteiger partial charge is 0.292 e. The number of nitrogens with zero attached hydrogens (tertiary/aromatic N) is 2. The van der Waals surface area contributed by atoms with Gasteiger partial charge < -0.3 is 10.1 Å². The van der Waals surface area contributed by atoms with E-state index in [-0.39, 0.29) is 23.7 Å². The van der Waals surface area contributed by atoms with Gasteiger partial charge in [0.1, 0.15) is 12.2 Å². The van der Waals surface area contributed by atoms with Crippen molar-refractivity contribution in [2.75, 3.05) is 11.9 Å². The van der Waals surface area contributed by atoms with Crippen molar-refractivity contribution in [1.82, 2.24) is 9.78 Å². The van der Waals surface area contributed by atoms with E-state index >= 15 is 0 Å². The Morgan fingerprint density at radius 1 is 1.70 bits per heavy atom. The van der Waals surface area contributed by atoms with E-state index in [0.29, 0.717) is 17.3 Å². The van der Waals surface area contributed by atoms with Gasteiger partial charge in [0.15, 0.2) is 0 Å². The molecule has 1 aromatic heterocycles. The fourth-order valence-electron chi connectivity index (χ4n) is 2.36. The molecule has 2 heterocycles. The van der Waals surface area contributed by atoms with Crippen molar-refractivity contribution in [2.45, 2.75) is 44.9 Å². The average molecular weight is 296 g/mol. The van der Waals surface area contributed by atoms with E-state index in [9.17, 15) is 4.79 Å². The Balaban J connectivity index is 2.23. The van der Waals surface area contributed by atoms with Crippen molar-refractivity contribution >= 4 is 17.3 Å². The molecule has 5 nitrogen and oxygen atoms in total. The highest BCUT2D eigenvalue weighted by Crippen LogP contribution is 2.27. The number of ether oxygens (including phenoxy) is 1. The van der Waals surface area contributed by atoms with Crippen LogP contribution in [0.2, 0.25) is 5.02 Å². The summed E-state index contributed by atoms with van der Waals surface area (Å²) in [5.74, 6) is 2.40. The summed E-state index contributed by atoms with van der Waals surface area (Å²) in [4.78, 5) is 12.2. The molecule has 108 valence electrons. The maximum Gasteiger partial charge on any atom is 0.292 e. The molecule has 0 radical (unpaired) electrons. The van der Waals surface area contributed by atoms with Crippen LogP contribution in [0.3, 0.4) is 0 Å². The molecule has 0 amide bonds. The van der Waals surface area contributed by atoms with Crippen LogP contribution >= 0.6 is 11.6 Å². The predicted octanol–water partition coefficient (Wildman–Crippen LogP) is 1.90. The van der Waals surface area contributed by atoms with Gasteiger partial charge in [-0.1, -0.05) is 17.5 Å². The van der Waals surface area contributed by atoms with Gasteiger partial charge >= 0.3 is 0 Å². The van der Waals surface area contributed by atoms with Gasteiger partial charge in [-0.3, -0.25) is 4.79 Å². The summed E-state index contributed by atoms with van der Waals surface area (Å²) in [6.07, 6.45) is 8.29. The van der Waals surface area contributed by atoms with Crippen LogP contribution in [0, 0.1) is 12.3 Å². The molecule has 1 unspecified atom stereocenters. The molecule has 1 aromatic rings. The Labute approximate surface area is 123 Å². The summed E-state index contributed by atoms with van der Waals surface area (Å²) in [6.45, 7) is 4.85. The van der Waals surface area contributed by atoms with E-state index in [1.807, 2.05) is 13.8 Å². The summed E-state index contributed by atoms with van der Waals surface area (Å²) >= 11 is 6.07. The number of halogens is 1. The van der Waals surface area contributed by atoms with Gasteiger partial charge in [-0.25, -0.2) is 4.68 Å². The molecular weight excluding hydrogens is 278 g/mol. The topological polar surface area (TPSA) is 56.1 Å². The Kier molecular flexibility index (Phi) is 4.36. The SMILES string of the molecule is C#CCn1ncc(Cl)c(NC2CCOC(C)(C)C2)c1=O. The van der Waals surface area contributed by atoms with Gasteiger partial charge in [0.05, 0.1) is 16.8 Å². The Bertz CT molecular complexity index is 589. The number of anilines is 1. The molecule has 0 spiro atoms. The van der Waals surface area contributed by atoms with Gasteiger partial charge in [-0.2, -0.15) is 5.10 Å². The molecule has 1 fully saturated rings. The van der Waals surface area contributed by atoms with Crippen molar-refractivity contribution in [2.24, 2.45) is 0 Å². The lowest BCUT2D eigenvalue weighted by Gasteiger charge is -2.36. The van der Waals surface area contributed by atoms with Crippen LogP contribution in [0.5, 0.6) is 0 Å². The summed E-state index contributed by atoms with van der Waals surface area (Å²) in [6, 6.07) is 0.144. The quantitative estimate of drug-likeness (QED) is 0.866. The first-order valence-electron chi connectivity index (χ1n) is 6.52. The Hall–Kier alpha value is -1.51. The molecular formula is C14H18ClN3O2. The maximum absolute atomic E-state index is 12.2. The average Bonchev–Trinajstić information content (AvgIpc) is 2.37. The van der Waals surface area contributed by atoms with Crippen molar-refractivity contribution in [1.29, 1.82) is 0 Å². The minimum absolute atomic E-state index is 0.129. The standard InChI is InChI=1S/C14H18ClN3O2/c1-4-6-18-13(19)12(11(15)9-16-18)17-10-5-7-20-14(2,3)8-10/h1,9-10,17H,5-8H2,2-3H3. The highest BCUT2D eigenvalue weighted by atomic mass is 35.5. The monoisotopic (exact) mass is 295 g/mol. The molecule has 1 atom stereocenters. The zero-order chi connectivity index (χ0) is 14.8. The molecule has 20 heavy (non-hydrogen) atoms. The largest absolute Gasteiger partial charge is 0.376 e. The van der Waals surface area contributed by atoms with E-state index < -0.39 is 0 Å². The molecule has 0 aromatic carbocycles. The third kappa shape index (κ3) is 3.33. The van der Waals surface area contributed by atoms with Gasteiger partial charge in [-0.05, 0) is 26.7 Å². The summed E-state index contributed by atoms with van der Waals surface area (Å²) in [7, 11) is 0. The second-order valence-corrected chi connectivity index (χ2v) is 5.88. The van der Waals surface area contributed by atoms with Gasteiger partial charge in [-0.15, -0.1) is 6.42 Å². The maximum atomic E-state index is 12.2. The molecule has 1 saturated heterocycles. The van der Waals surface area contributed by atoms with Gasteiger partial charge in [0, 0.05) is 12.6 Å². The van der Waals surface area contributed by atoms with Crippen LogP contribution in [0.25, 0.3) is 0 Å². The first-order chi connectivity index (χ1) is 9.43. The summed E-state index contributed by atoms with van der Waals surface area (Å²) in [5, 5.41) is 7.45. The number of hydrogen-bond acceptors (Lipinski definition) is 4. The van der Waals surface area contributed by atoms with E-state index in [2.05, 4.69) is 16.3 Å². The number of rotatable bonds is 3. The molecule has 0 saturated carbocycles. The van der Waals surface area contributed by atoms with Crippen LogP contribution in [0.1, 0.15) is 26.7 Å². The molecule has 2 rings (SSSR count). The van der Waals surface area contributed by atoms with Crippen LogP contribution in [0.4, 0.5) is 5.69 Å². The van der Waals surface area contributed by atoms with Crippen LogP contribution < -0.4 is 10.9 Å². The van der Waals surface area contributed by atoms with Crippen LogP contribution in [0.15, 0.2) is 11.0 Å². The number of nitrogens with one attached hydrogen (secondary N) is 1. The van der Waals surface area contributed by atoms with Crippen molar-refractivity contribution in [3.05, 3.63) is 21.6 Å². The Morgan fingerprint density at radius 2 is 2.45 bits per heavy atom. The second kappa shape index (κ2) is 5.86. The minimum atomic E-state index is -0.292. The number of aromatic nitrogens is 2. The zero-order valence-corrected chi connectivity index (χ0v) is 12.4. The first kappa shape index (κ1) is 14.9. The third-order valence-electron chi connectivity index (χ3n) is 3.28. The fourth-order valence-corrected chi connectivity index (χ4v) is 2.54. The fraction of sp³-hybridized carbons (Fsp3) is 0.571. The summed E-state index contributed by atoms with van der Waals surface area (Å²) in [5.41, 5.74) is -0.132. The number of hydrogen-bond donors (Lipinski definition) is 1. The predicted molar refractivity (Wildman–Crippen MR) is 79.0 cm³/mol. The zero-order valence-electron chi connectivity index (χ0n) is 11.6. The highest BCUT2D eigenvalue weighted by Gasteiger charge is 2.29. The lowest BCUT2D eigenvalue weighted by Crippen LogP contribution is -2.41.